The Kier molecular flexibility index (Phi) is 4.61. The summed E-state index contributed by atoms with van der Waals surface area (Å²) in [7, 11) is 0. The molecule has 0 unspecified atom stereocenters. The summed E-state index contributed by atoms with van der Waals surface area (Å²) in [5, 5.41) is 1.91. The van der Waals surface area contributed by atoms with Gasteiger partial charge in [-0.2, -0.15) is 13.2 Å². The number of hydrogen-bond acceptors (Lipinski definition) is 4. The van der Waals surface area contributed by atoms with Gasteiger partial charge in [0, 0.05) is 26.1 Å². The average Bonchev–Trinajstić information content (AvgIpc) is 3.16. The van der Waals surface area contributed by atoms with Crippen molar-refractivity contribution in [3.63, 3.8) is 0 Å². The van der Waals surface area contributed by atoms with Crippen molar-refractivity contribution >= 4 is 11.3 Å². The lowest BCUT2D eigenvalue weighted by molar-refractivity contribution is -0.138. The zero-order valence-electron chi connectivity index (χ0n) is 14.2. The Labute approximate surface area is 157 Å². The Hall–Kier alpha value is -2.45. The minimum Gasteiger partial charge on any atom is -0.306 e. The molecule has 0 fully saturated rings. The number of aromatic amines is 1. The predicted molar refractivity (Wildman–Crippen MR) is 97.4 cm³/mol. The molecule has 0 bridgehead atoms. The van der Waals surface area contributed by atoms with E-state index >= 15 is 0 Å². The first-order valence-electron chi connectivity index (χ1n) is 8.45. The zero-order chi connectivity index (χ0) is 19.0. The van der Waals surface area contributed by atoms with Gasteiger partial charge in [-0.15, -0.1) is 11.3 Å². The minimum absolute atomic E-state index is 0.140. The number of hydrogen-bond donors (Lipinski definition) is 1. The number of benzene rings is 1. The third-order valence-electron chi connectivity index (χ3n) is 4.62. The number of nitrogens with zero attached hydrogens (tertiary/aromatic N) is 2. The van der Waals surface area contributed by atoms with Crippen molar-refractivity contribution in [1.82, 2.24) is 14.9 Å². The maximum absolute atomic E-state index is 13.2. The third-order valence-corrected chi connectivity index (χ3v) is 5.50. The quantitative estimate of drug-likeness (QED) is 0.732. The third kappa shape index (κ3) is 3.68. The van der Waals surface area contributed by atoms with E-state index in [2.05, 4.69) is 9.97 Å². The molecule has 0 saturated heterocycles. The number of halogens is 3. The van der Waals surface area contributed by atoms with E-state index in [-0.39, 0.29) is 24.2 Å². The number of nitrogens with one attached hydrogen (secondary N) is 1. The SMILES string of the molecule is O=c1[nH]c(-c2cccs2)nc2c1CN(Cc1ccccc1C(F)(F)F)CC2. The summed E-state index contributed by atoms with van der Waals surface area (Å²) in [6.45, 7) is 0.981. The second-order valence-corrected chi connectivity index (χ2v) is 7.38. The fourth-order valence-electron chi connectivity index (χ4n) is 3.32. The van der Waals surface area contributed by atoms with Crippen LogP contribution in [0.2, 0.25) is 0 Å². The molecule has 1 N–H and O–H groups in total. The fourth-order valence-corrected chi connectivity index (χ4v) is 3.99. The van der Waals surface area contributed by atoms with Gasteiger partial charge >= 0.3 is 6.18 Å². The Morgan fingerprint density at radius 1 is 1.19 bits per heavy atom. The first kappa shape index (κ1) is 17.9. The van der Waals surface area contributed by atoms with Crippen LogP contribution in [0.5, 0.6) is 0 Å². The first-order chi connectivity index (χ1) is 12.9. The number of fused-ring (bicyclic) bond motifs is 1. The second-order valence-electron chi connectivity index (χ2n) is 6.43. The van der Waals surface area contributed by atoms with Gasteiger partial charge in [0.15, 0.2) is 5.82 Å². The van der Waals surface area contributed by atoms with Crippen molar-refractivity contribution in [3.8, 4) is 10.7 Å². The number of aromatic nitrogens is 2. The number of rotatable bonds is 3. The van der Waals surface area contributed by atoms with Crippen molar-refractivity contribution in [3.05, 3.63) is 74.5 Å². The second kappa shape index (κ2) is 6.94. The van der Waals surface area contributed by atoms with Crippen molar-refractivity contribution in [2.24, 2.45) is 0 Å². The fraction of sp³-hybridized carbons (Fsp3) is 0.263. The summed E-state index contributed by atoms with van der Waals surface area (Å²) in [4.78, 5) is 22.6. The van der Waals surface area contributed by atoms with E-state index in [9.17, 15) is 18.0 Å². The van der Waals surface area contributed by atoms with Crippen LogP contribution in [0.25, 0.3) is 10.7 Å². The maximum atomic E-state index is 13.2. The lowest BCUT2D eigenvalue weighted by Crippen LogP contribution is -2.35. The zero-order valence-corrected chi connectivity index (χ0v) is 15.0. The molecule has 4 rings (SSSR count). The topological polar surface area (TPSA) is 49.0 Å². The Morgan fingerprint density at radius 3 is 2.74 bits per heavy atom. The number of H-pyrrole nitrogens is 1. The molecule has 4 nitrogen and oxygen atoms in total. The summed E-state index contributed by atoms with van der Waals surface area (Å²) in [6, 6.07) is 9.34. The number of alkyl halides is 3. The van der Waals surface area contributed by atoms with Gasteiger partial charge in [-0.05, 0) is 23.1 Å². The van der Waals surface area contributed by atoms with Crippen LogP contribution in [0, 0.1) is 0 Å². The first-order valence-corrected chi connectivity index (χ1v) is 9.33. The van der Waals surface area contributed by atoms with Crippen LogP contribution in [0.3, 0.4) is 0 Å². The van der Waals surface area contributed by atoms with Gasteiger partial charge in [0.05, 0.1) is 21.7 Å². The molecule has 8 heteroatoms. The van der Waals surface area contributed by atoms with E-state index in [0.29, 0.717) is 24.4 Å². The molecular weight excluding hydrogens is 375 g/mol. The molecule has 1 aliphatic rings. The van der Waals surface area contributed by atoms with Crippen molar-refractivity contribution < 1.29 is 13.2 Å². The normalized spacial score (nSPS) is 14.9. The van der Waals surface area contributed by atoms with Crippen molar-refractivity contribution in [2.75, 3.05) is 6.54 Å². The molecular formula is C19H16F3N3OS. The lowest BCUT2D eigenvalue weighted by atomic mass is 10.0. The van der Waals surface area contributed by atoms with Crippen molar-refractivity contribution in [1.29, 1.82) is 0 Å². The van der Waals surface area contributed by atoms with Crippen LogP contribution in [-0.4, -0.2) is 21.4 Å². The molecule has 0 saturated carbocycles. The molecule has 140 valence electrons. The van der Waals surface area contributed by atoms with Gasteiger partial charge in [-0.25, -0.2) is 4.98 Å². The van der Waals surface area contributed by atoms with Gasteiger partial charge < -0.3 is 4.98 Å². The highest BCUT2D eigenvalue weighted by Gasteiger charge is 2.33. The highest BCUT2D eigenvalue weighted by Crippen LogP contribution is 2.33. The van der Waals surface area contributed by atoms with Gasteiger partial charge in [0.25, 0.3) is 5.56 Å². The van der Waals surface area contributed by atoms with Crippen LogP contribution in [-0.2, 0) is 25.7 Å². The molecule has 0 amide bonds. The molecule has 0 aliphatic carbocycles. The van der Waals surface area contributed by atoms with E-state index in [0.717, 1.165) is 16.6 Å². The predicted octanol–water partition coefficient (Wildman–Crippen LogP) is 4.08. The molecule has 3 aromatic rings. The minimum atomic E-state index is -4.39. The molecule has 27 heavy (non-hydrogen) atoms. The maximum Gasteiger partial charge on any atom is 0.416 e. The van der Waals surface area contributed by atoms with Gasteiger partial charge in [0.1, 0.15) is 0 Å². The van der Waals surface area contributed by atoms with Gasteiger partial charge in [-0.1, -0.05) is 24.3 Å². The molecule has 0 spiro atoms. The summed E-state index contributed by atoms with van der Waals surface area (Å²) in [6.07, 6.45) is -3.86. The Morgan fingerprint density at radius 2 is 2.00 bits per heavy atom. The number of thiophene rings is 1. The standard InChI is InChI=1S/C19H16F3N3OS/c20-19(21,22)14-5-2-1-4-12(14)10-25-8-7-15-13(11-25)18(26)24-17(23-15)16-6-3-9-27-16/h1-6,9H,7-8,10-11H2,(H,23,24,26). The van der Waals surface area contributed by atoms with Crippen LogP contribution in [0.4, 0.5) is 13.2 Å². The van der Waals surface area contributed by atoms with Gasteiger partial charge in [-0.3, -0.25) is 9.69 Å². The molecule has 3 heterocycles. The van der Waals surface area contributed by atoms with Gasteiger partial charge in [0.2, 0.25) is 0 Å². The summed E-state index contributed by atoms with van der Waals surface area (Å²) in [5.74, 6) is 0.546. The molecule has 1 aromatic carbocycles. The molecule has 0 radical (unpaired) electrons. The van der Waals surface area contributed by atoms with E-state index < -0.39 is 11.7 Å². The Bertz CT molecular complexity index is 1010. The monoisotopic (exact) mass is 391 g/mol. The van der Waals surface area contributed by atoms with Crippen LogP contribution < -0.4 is 5.56 Å². The van der Waals surface area contributed by atoms with E-state index in [1.165, 1.54) is 23.5 Å². The Balaban J connectivity index is 1.59. The largest absolute Gasteiger partial charge is 0.416 e. The molecule has 0 atom stereocenters. The van der Waals surface area contributed by atoms with Crippen LogP contribution >= 0.6 is 11.3 Å². The summed E-state index contributed by atoms with van der Waals surface area (Å²) >= 11 is 1.49. The smallest absolute Gasteiger partial charge is 0.306 e. The van der Waals surface area contributed by atoms with E-state index in [4.69, 9.17) is 0 Å². The van der Waals surface area contributed by atoms with Crippen LogP contribution in [0.1, 0.15) is 22.4 Å². The average molecular weight is 391 g/mol. The van der Waals surface area contributed by atoms with E-state index in [1.54, 1.807) is 6.07 Å². The van der Waals surface area contributed by atoms with E-state index in [1.807, 2.05) is 22.4 Å². The highest BCUT2D eigenvalue weighted by atomic mass is 32.1. The van der Waals surface area contributed by atoms with Crippen LogP contribution in [0.15, 0.2) is 46.6 Å². The molecule has 1 aliphatic heterocycles. The van der Waals surface area contributed by atoms with Crippen molar-refractivity contribution in [2.45, 2.75) is 25.7 Å². The summed E-state index contributed by atoms with van der Waals surface area (Å²) < 4.78 is 39.6. The summed E-state index contributed by atoms with van der Waals surface area (Å²) in [5.41, 5.74) is 0.620. The lowest BCUT2D eigenvalue weighted by Gasteiger charge is -2.28. The molecule has 2 aromatic heterocycles. The highest BCUT2D eigenvalue weighted by molar-refractivity contribution is 7.13.